The van der Waals surface area contributed by atoms with E-state index in [-0.39, 0.29) is 11.4 Å². The molecular formula is C23H19F3N4O2S2. The Balaban J connectivity index is 1.58. The van der Waals surface area contributed by atoms with Gasteiger partial charge in [-0.3, -0.25) is 4.79 Å². The van der Waals surface area contributed by atoms with Gasteiger partial charge in [0.2, 0.25) is 5.91 Å². The lowest BCUT2D eigenvalue weighted by atomic mass is 9.96. The number of nitrogens with zero attached hydrogens (tertiary/aromatic N) is 3. The van der Waals surface area contributed by atoms with E-state index in [1.165, 1.54) is 29.5 Å². The summed E-state index contributed by atoms with van der Waals surface area (Å²) in [7, 11) is 2.01. The van der Waals surface area contributed by atoms with Gasteiger partial charge in [-0.15, -0.1) is 24.5 Å². The third-order valence-corrected chi connectivity index (χ3v) is 6.98. The third-order valence-electron chi connectivity index (χ3n) is 5.12. The van der Waals surface area contributed by atoms with E-state index >= 15 is 0 Å². The Labute approximate surface area is 202 Å². The van der Waals surface area contributed by atoms with Gasteiger partial charge >= 0.3 is 6.36 Å². The number of carbonyl (C=O) groups excluding carboxylic acids is 1. The minimum atomic E-state index is -4.88. The number of thioether (sulfide) groups is 1. The predicted molar refractivity (Wildman–Crippen MR) is 125 cm³/mol. The number of benzene rings is 1. The van der Waals surface area contributed by atoms with Crippen LogP contribution in [0.4, 0.5) is 18.9 Å². The summed E-state index contributed by atoms with van der Waals surface area (Å²) in [4.78, 5) is 20.4. The zero-order valence-corrected chi connectivity index (χ0v) is 19.6. The highest BCUT2D eigenvalue weighted by atomic mass is 32.2. The van der Waals surface area contributed by atoms with Crippen molar-refractivity contribution in [2.75, 3.05) is 24.7 Å². The number of hydrogen-bond donors (Lipinski definition) is 1. The molecule has 0 aliphatic carbocycles. The molecule has 4 rings (SSSR count). The third kappa shape index (κ3) is 5.52. The van der Waals surface area contributed by atoms with Crippen LogP contribution in [0.2, 0.25) is 0 Å². The Morgan fingerprint density at radius 1 is 1.32 bits per heavy atom. The van der Waals surface area contributed by atoms with Crippen LogP contribution in [0.15, 0.2) is 46.8 Å². The van der Waals surface area contributed by atoms with Gasteiger partial charge in [0, 0.05) is 35.6 Å². The van der Waals surface area contributed by atoms with Gasteiger partial charge in [0.25, 0.3) is 0 Å². The summed E-state index contributed by atoms with van der Waals surface area (Å²) in [5, 5.41) is 14.8. The molecule has 11 heteroatoms. The first-order valence-electron chi connectivity index (χ1n) is 10.2. The van der Waals surface area contributed by atoms with Crippen molar-refractivity contribution in [2.24, 2.45) is 0 Å². The fourth-order valence-corrected chi connectivity index (χ4v) is 5.29. The maximum absolute atomic E-state index is 12.6. The molecule has 1 aromatic carbocycles. The van der Waals surface area contributed by atoms with Crippen molar-refractivity contribution in [1.29, 1.82) is 5.26 Å². The lowest BCUT2D eigenvalue weighted by Gasteiger charge is -2.27. The van der Waals surface area contributed by atoms with Crippen LogP contribution in [0.5, 0.6) is 5.75 Å². The SMILES string of the molecule is CN1CCc2nc(SCC(=O)Nc3ccccc3OC(F)(F)F)c(C#N)c(-c3cccs3)c2C1. The molecule has 0 spiro atoms. The number of para-hydroxylation sites is 2. The minimum Gasteiger partial charge on any atom is -0.404 e. The number of pyridine rings is 1. The quantitative estimate of drug-likeness (QED) is 0.459. The number of likely N-dealkylation sites (N-methyl/N-ethyl adjacent to an activating group) is 1. The second-order valence-corrected chi connectivity index (χ2v) is 9.46. The highest BCUT2D eigenvalue weighted by Crippen LogP contribution is 2.39. The second kappa shape index (κ2) is 10.0. The summed E-state index contributed by atoms with van der Waals surface area (Å²) in [5.41, 5.74) is 3.05. The number of thiophene rings is 1. The van der Waals surface area contributed by atoms with Crippen molar-refractivity contribution in [3.63, 3.8) is 0 Å². The smallest absolute Gasteiger partial charge is 0.404 e. The predicted octanol–water partition coefficient (Wildman–Crippen LogP) is 5.30. The van der Waals surface area contributed by atoms with Crippen molar-refractivity contribution in [3.05, 3.63) is 58.6 Å². The Kier molecular flexibility index (Phi) is 7.11. The molecule has 3 heterocycles. The summed E-state index contributed by atoms with van der Waals surface area (Å²) in [6, 6.07) is 11.5. The number of ether oxygens (including phenoxy) is 1. The van der Waals surface area contributed by atoms with Crippen LogP contribution in [-0.4, -0.2) is 41.5 Å². The summed E-state index contributed by atoms with van der Waals surface area (Å²) in [6.45, 7) is 1.50. The number of anilines is 1. The standard InChI is InChI=1S/C23H19F3N4O2S2/c1-30-9-8-16-15(12-30)21(19-7-4-10-33-19)14(11-27)22(29-16)34-13-20(31)28-17-5-2-3-6-18(17)32-23(24,25)26/h2-7,10H,8-9,12-13H2,1H3,(H,28,31). The molecular weight excluding hydrogens is 485 g/mol. The molecule has 0 saturated carbocycles. The Bertz CT molecular complexity index is 1240. The van der Waals surface area contributed by atoms with Gasteiger partial charge in [-0.05, 0) is 36.2 Å². The number of rotatable bonds is 6. The van der Waals surface area contributed by atoms with E-state index in [0.29, 0.717) is 17.1 Å². The number of amides is 1. The molecule has 3 aromatic rings. The maximum Gasteiger partial charge on any atom is 0.573 e. The molecule has 0 unspecified atom stereocenters. The molecule has 0 radical (unpaired) electrons. The number of aromatic nitrogens is 1. The molecule has 1 aliphatic heterocycles. The number of fused-ring (bicyclic) bond motifs is 1. The van der Waals surface area contributed by atoms with E-state index in [4.69, 9.17) is 4.98 Å². The molecule has 1 amide bonds. The van der Waals surface area contributed by atoms with E-state index in [9.17, 15) is 23.2 Å². The van der Waals surface area contributed by atoms with Crippen molar-refractivity contribution in [2.45, 2.75) is 24.4 Å². The first-order chi connectivity index (χ1) is 16.2. The molecule has 6 nitrogen and oxygen atoms in total. The minimum absolute atomic E-state index is 0.0911. The van der Waals surface area contributed by atoms with E-state index in [0.717, 1.165) is 52.5 Å². The van der Waals surface area contributed by atoms with Crippen molar-refractivity contribution in [3.8, 4) is 22.3 Å². The zero-order valence-electron chi connectivity index (χ0n) is 18.0. The molecule has 0 atom stereocenters. The largest absolute Gasteiger partial charge is 0.573 e. The fourth-order valence-electron chi connectivity index (χ4n) is 3.68. The Morgan fingerprint density at radius 2 is 2.12 bits per heavy atom. The number of carbonyl (C=O) groups is 1. The van der Waals surface area contributed by atoms with Gasteiger partial charge in [0.1, 0.15) is 11.1 Å². The number of hydrogen-bond acceptors (Lipinski definition) is 7. The van der Waals surface area contributed by atoms with Gasteiger partial charge in [0.15, 0.2) is 5.75 Å². The molecule has 34 heavy (non-hydrogen) atoms. The van der Waals surface area contributed by atoms with E-state index < -0.39 is 18.0 Å². The first kappa shape index (κ1) is 24.1. The highest BCUT2D eigenvalue weighted by Gasteiger charge is 2.32. The molecule has 0 fully saturated rings. The van der Waals surface area contributed by atoms with Crippen LogP contribution >= 0.6 is 23.1 Å². The van der Waals surface area contributed by atoms with Crippen molar-refractivity contribution < 1.29 is 22.7 Å². The Hall–Kier alpha value is -3.07. The number of nitriles is 1. The molecule has 1 aliphatic rings. The molecule has 0 bridgehead atoms. The summed E-state index contributed by atoms with van der Waals surface area (Å²) < 4.78 is 41.9. The topological polar surface area (TPSA) is 78.2 Å². The average Bonchev–Trinajstić information content (AvgIpc) is 3.31. The van der Waals surface area contributed by atoms with Crippen LogP contribution in [0.1, 0.15) is 16.8 Å². The highest BCUT2D eigenvalue weighted by molar-refractivity contribution is 8.00. The van der Waals surface area contributed by atoms with Crippen LogP contribution in [0, 0.1) is 11.3 Å². The van der Waals surface area contributed by atoms with E-state index in [2.05, 4.69) is 21.0 Å². The number of nitrogens with one attached hydrogen (secondary N) is 1. The van der Waals surface area contributed by atoms with E-state index in [1.54, 1.807) is 0 Å². The molecule has 0 saturated heterocycles. The maximum atomic E-state index is 12.6. The molecule has 176 valence electrons. The van der Waals surface area contributed by atoms with Gasteiger partial charge < -0.3 is 15.0 Å². The summed E-state index contributed by atoms with van der Waals surface area (Å²) >= 11 is 2.61. The lowest BCUT2D eigenvalue weighted by molar-refractivity contribution is -0.274. The van der Waals surface area contributed by atoms with E-state index in [1.807, 2.05) is 24.6 Å². The fraction of sp³-hybridized carbons (Fsp3) is 0.261. The summed E-state index contributed by atoms with van der Waals surface area (Å²) in [5.74, 6) is -1.17. The monoisotopic (exact) mass is 504 g/mol. The normalized spacial score (nSPS) is 13.7. The Morgan fingerprint density at radius 3 is 2.82 bits per heavy atom. The summed E-state index contributed by atoms with van der Waals surface area (Å²) in [6.07, 6.45) is -4.16. The van der Waals surface area contributed by atoms with Crippen LogP contribution in [-0.2, 0) is 17.8 Å². The molecule has 1 N–H and O–H groups in total. The van der Waals surface area contributed by atoms with Gasteiger partial charge in [-0.25, -0.2) is 4.98 Å². The van der Waals surface area contributed by atoms with Crippen LogP contribution in [0.25, 0.3) is 10.4 Å². The molecule has 2 aromatic heterocycles. The average molecular weight is 505 g/mol. The first-order valence-corrected chi connectivity index (χ1v) is 12.1. The zero-order chi connectivity index (χ0) is 24.3. The van der Waals surface area contributed by atoms with Crippen LogP contribution < -0.4 is 10.1 Å². The lowest BCUT2D eigenvalue weighted by Crippen LogP contribution is -2.28. The van der Waals surface area contributed by atoms with Crippen LogP contribution in [0.3, 0.4) is 0 Å². The second-order valence-electron chi connectivity index (χ2n) is 7.55. The van der Waals surface area contributed by atoms with Crippen molar-refractivity contribution >= 4 is 34.7 Å². The van der Waals surface area contributed by atoms with Gasteiger partial charge in [-0.2, -0.15) is 5.26 Å². The number of alkyl halides is 3. The van der Waals surface area contributed by atoms with Gasteiger partial charge in [0.05, 0.1) is 17.0 Å². The van der Waals surface area contributed by atoms with Gasteiger partial charge in [-0.1, -0.05) is 30.0 Å². The van der Waals surface area contributed by atoms with Crippen molar-refractivity contribution in [1.82, 2.24) is 9.88 Å². The number of halogens is 3.